The highest BCUT2D eigenvalue weighted by molar-refractivity contribution is 8.19. The number of carboxylic acid groups (broad SMARTS) is 1. The number of fused-ring (bicyclic) bond motifs is 2. The van der Waals surface area contributed by atoms with Crippen LogP contribution in [0.25, 0.3) is 6.08 Å². The fraction of sp³-hybridized carbons (Fsp3) is 0.148. The molecule has 1 N–H and O–H groups in total. The molecule has 1 fully saturated rings. The van der Waals surface area contributed by atoms with Crippen molar-refractivity contribution < 1.29 is 43.1 Å². The molecule has 3 heterocycles. The molecule has 3 aliphatic rings. The maximum atomic E-state index is 13.7. The minimum atomic E-state index is -1.10. The zero-order chi connectivity index (χ0) is 26.9. The minimum absolute atomic E-state index is 0.110. The number of aliphatic carboxylic acids is 1. The second-order valence-electron chi connectivity index (χ2n) is 8.31. The zero-order valence-electron chi connectivity index (χ0n) is 20.4. The van der Waals surface area contributed by atoms with Crippen molar-refractivity contribution in [2.45, 2.75) is 0 Å². The van der Waals surface area contributed by atoms with Crippen molar-refractivity contribution >= 4 is 46.3 Å². The Morgan fingerprint density at radius 3 is 2.44 bits per heavy atom. The number of rotatable bonds is 7. The Hall–Kier alpha value is -4.84. The van der Waals surface area contributed by atoms with Gasteiger partial charge in [-0.15, -0.1) is 0 Å². The van der Waals surface area contributed by atoms with Crippen molar-refractivity contribution in [3.63, 3.8) is 0 Å². The Kier molecular flexibility index (Phi) is 6.37. The predicted octanol–water partition coefficient (Wildman–Crippen LogP) is 4.42. The lowest BCUT2D eigenvalue weighted by Crippen LogP contribution is -2.28. The number of hydrogen-bond acceptors (Lipinski definition) is 10. The molecule has 1 saturated heterocycles. The highest BCUT2D eigenvalue weighted by Crippen LogP contribution is 2.43. The van der Waals surface area contributed by atoms with Crippen LogP contribution in [-0.2, 0) is 9.59 Å². The quantitative estimate of drug-likeness (QED) is 0.424. The van der Waals surface area contributed by atoms with Crippen LogP contribution in [0.4, 0.5) is 11.4 Å². The van der Waals surface area contributed by atoms with E-state index in [1.165, 1.54) is 23.8 Å². The van der Waals surface area contributed by atoms with E-state index in [0.717, 1.165) is 0 Å². The van der Waals surface area contributed by atoms with Gasteiger partial charge in [0.15, 0.2) is 46.3 Å². The molecule has 0 radical (unpaired) electrons. The highest BCUT2D eigenvalue weighted by atomic mass is 32.2. The molecule has 3 aliphatic heterocycles. The molecule has 3 aromatic rings. The molecule has 0 spiro atoms. The topological polar surface area (TPSA) is 125 Å². The lowest BCUT2D eigenvalue weighted by atomic mass is 10.1. The van der Waals surface area contributed by atoms with Gasteiger partial charge >= 0.3 is 5.97 Å². The van der Waals surface area contributed by atoms with E-state index in [0.29, 0.717) is 55.8 Å². The van der Waals surface area contributed by atoms with Gasteiger partial charge < -0.3 is 33.5 Å². The molecule has 0 aromatic heterocycles. The van der Waals surface area contributed by atoms with Gasteiger partial charge in [-0.3, -0.25) is 9.69 Å². The Labute approximate surface area is 226 Å². The lowest BCUT2D eigenvalue weighted by molar-refractivity contribution is -0.139. The maximum absolute atomic E-state index is 13.7. The van der Waals surface area contributed by atoms with Gasteiger partial charge in [0, 0.05) is 12.1 Å². The van der Waals surface area contributed by atoms with Crippen LogP contribution in [0.15, 0.2) is 64.5 Å². The number of carbonyl (C=O) groups is 2. The predicted molar refractivity (Wildman–Crippen MR) is 141 cm³/mol. The Bertz CT molecular complexity index is 1550. The van der Waals surface area contributed by atoms with Gasteiger partial charge in [0.25, 0.3) is 5.91 Å². The van der Waals surface area contributed by atoms with Crippen LogP contribution in [0.3, 0.4) is 0 Å². The van der Waals surface area contributed by atoms with Gasteiger partial charge in [0.05, 0.1) is 23.4 Å². The van der Waals surface area contributed by atoms with Crippen molar-refractivity contribution in [2.75, 3.05) is 32.2 Å². The highest BCUT2D eigenvalue weighted by Gasteiger charge is 2.36. The summed E-state index contributed by atoms with van der Waals surface area (Å²) >= 11 is 1.20. The molecule has 6 rings (SSSR count). The van der Waals surface area contributed by atoms with Gasteiger partial charge in [-0.1, -0.05) is 6.07 Å². The largest absolute Gasteiger partial charge is 0.493 e. The summed E-state index contributed by atoms with van der Waals surface area (Å²) in [5.41, 5.74) is 1.80. The molecule has 0 bridgehead atoms. The van der Waals surface area contributed by atoms with Crippen LogP contribution >= 0.6 is 11.8 Å². The molecule has 0 unspecified atom stereocenters. The van der Waals surface area contributed by atoms with Crippen molar-refractivity contribution in [3.05, 3.63) is 65.1 Å². The van der Waals surface area contributed by atoms with Crippen LogP contribution in [0.1, 0.15) is 5.56 Å². The molecule has 39 heavy (non-hydrogen) atoms. The summed E-state index contributed by atoms with van der Waals surface area (Å²) in [5, 5.41) is 9.33. The van der Waals surface area contributed by atoms with Crippen molar-refractivity contribution in [3.8, 4) is 34.5 Å². The van der Waals surface area contributed by atoms with Crippen LogP contribution in [-0.4, -0.2) is 49.5 Å². The summed E-state index contributed by atoms with van der Waals surface area (Å²) in [6.07, 6.45) is 1.71. The van der Waals surface area contributed by atoms with E-state index in [1.807, 2.05) is 0 Å². The second-order valence-corrected chi connectivity index (χ2v) is 9.32. The molecule has 11 nitrogen and oxygen atoms in total. The molecular weight excluding hydrogens is 528 g/mol. The number of anilines is 1. The molecule has 198 valence electrons. The zero-order valence-corrected chi connectivity index (χ0v) is 21.2. The van der Waals surface area contributed by atoms with E-state index in [2.05, 4.69) is 0 Å². The first-order valence-electron chi connectivity index (χ1n) is 11.6. The number of nitrogens with zero attached hydrogens (tertiary/aromatic N) is 2. The molecule has 3 aromatic carbocycles. The average Bonchev–Trinajstić information content (AvgIpc) is 3.66. The number of hydrogen-bond donors (Lipinski definition) is 1. The minimum Gasteiger partial charge on any atom is -0.493 e. The van der Waals surface area contributed by atoms with Crippen LogP contribution in [0, 0.1) is 0 Å². The van der Waals surface area contributed by atoms with Crippen LogP contribution in [0.5, 0.6) is 34.5 Å². The van der Waals surface area contributed by atoms with Gasteiger partial charge in [-0.25, -0.2) is 9.79 Å². The number of methoxy groups -OCH3 is 1. The van der Waals surface area contributed by atoms with Gasteiger partial charge in [-0.2, -0.15) is 0 Å². The monoisotopic (exact) mass is 548 g/mol. The van der Waals surface area contributed by atoms with Gasteiger partial charge in [-0.05, 0) is 59.8 Å². The van der Waals surface area contributed by atoms with Crippen LogP contribution in [0.2, 0.25) is 0 Å². The summed E-state index contributed by atoms with van der Waals surface area (Å²) in [6, 6.07) is 15.5. The summed E-state index contributed by atoms with van der Waals surface area (Å²) < 4.78 is 32.4. The standard InChI is InChI=1S/C27H20N2O9S/c1-33-21-8-15(2-5-18(21)34-12-25(30)31)9-24-26(32)29(17-4-7-20-23(11-17)38-14-36-20)27(39-24)28-16-3-6-19-22(10-16)37-13-35-19/h2-11H,12-14H2,1H3,(H,30,31)/b24-9-,28-27?. The number of benzene rings is 3. The molecule has 0 aliphatic carbocycles. The fourth-order valence-corrected chi connectivity index (χ4v) is 5.05. The smallest absolute Gasteiger partial charge is 0.341 e. The lowest BCUT2D eigenvalue weighted by Gasteiger charge is -2.16. The van der Waals surface area contributed by atoms with E-state index in [-0.39, 0.29) is 25.2 Å². The summed E-state index contributed by atoms with van der Waals surface area (Å²) in [7, 11) is 1.45. The third-order valence-electron chi connectivity index (χ3n) is 5.84. The first-order valence-corrected chi connectivity index (χ1v) is 12.4. The number of ether oxygens (including phenoxy) is 6. The molecule has 12 heteroatoms. The summed E-state index contributed by atoms with van der Waals surface area (Å²) in [6.45, 7) is -0.253. The van der Waals surface area contributed by atoms with E-state index in [9.17, 15) is 9.59 Å². The third-order valence-corrected chi connectivity index (χ3v) is 6.81. The number of carbonyl (C=O) groups excluding carboxylic acids is 1. The van der Waals surface area contributed by atoms with Gasteiger partial charge in [0.1, 0.15) is 0 Å². The fourth-order valence-electron chi connectivity index (χ4n) is 4.05. The van der Waals surface area contributed by atoms with Gasteiger partial charge in [0.2, 0.25) is 13.6 Å². The van der Waals surface area contributed by atoms with E-state index in [1.54, 1.807) is 60.7 Å². The van der Waals surface area contributed by atoms with E-state index >= 15 is 0 Å². The number of aliphatic imine (C=N–C) groups is 1. The van der Waals surface area contributed by atoms with Crippen molar-refractivity contribution in [2.24, 2.45) is 4.99 Å². The van der Waals surface area contributed by atoms with Crippen molar-refractivity contribution in [1.29, 1.82) is 0 Å². The summed E-state index contributed by atoms with van der Waals surface area (Å²) in [4.78, 5) is 31.3. The summed E-state index contributed by atoms with van der Waals surface area (Å²) in [5.74, 6) is 1.56. The SMILES string of the molecule is COc1cc(/C=C2\SC(=Nc3ccc4c(c3)OCO4)N(c3ccc4c(c3)OCO4)C2=O)ccc1OCC(=O)O. The Morgan fingerprint density at radius 2 is 1.69 bits per heavy atom. The number of amidine groups is 1. The molecule has 0 atom stereocenters. The van der Waals surface area contributed by atoms with Crippen LogP contribution < -0.4 is 33.3 Å². The average molecular weight is 549 g/mol. The maximum Gasteiger partial charge on any atom is 0.341 e. The number of amides is 1. The van der Waals surface area contributed by atoms with E-state index in [4.69, 9.17) is 38.5 Å². The normalized spacial score (nSPS) is 17.3. The molecular formula is C27H20N2O9S. The van der Waals surface area contributed by atoms with Crippen molar-refractivity contribution in [1.82, 2.24) is 0 Å². The number of carboxylic acids is 1. The number of thioether (sulfide) groups is 1. The van der Waals surface area contributed by atoms with E-state index < -0.39 is 12.6 Å². The second kappa shape index (κ2) is 10.1. The Balaban J connectivity index is 1.36. The Morgan fingerprint density at radius 1 is 0.974 bits per heavy atom. The molecule has 1 amide bonds. The third kappa shape index (κ3) is 4.89. The molecule has 0 saturated carbocycles. The first kappa shape index (κ1) is 24.5. The first-order chi connectivity index (χ1) is 19.0.